The molecule has 0 bridgehead atoms. The van der Waals surface area contributed by atoms with E-state index < -0.39 is 0 Å². The highest BCUT2D eigenvalue weighted by molar-refractivity contribution is 3.54. The van der Waals surface area contributed by atoms with Crippen LogP contribution in [0.1, 0.15) is 41.5 Å². The highest BCUT2D eigenvalue weighted by Crippen LogP contribution is 1.15. The molecule has 0 aromatic heterocycles. The zero-order valence-electron chi connectivity index (χ0n) is 9.15. The molecule has 2 heteroatoms. The van der Waals surface area contributed by atoms with E-state index in [4.69, 9.17) is 0 Å². The molecule has 0 atom stereocenters. The highest BCUT2D eigenvalue weighted by atomic mass is 14.4. The van der Waals surface area contributed by atoms with Crippen LogP contribution in [0.3, 0.4) is 0 Å². The van der Waals surface area contributed by atoms with Crippen LogP contribution in [0.2, 0.25) is 0 Å². The van der Waals surface area contributed by atoms with Crippen molar-refractivity contribution in [3.05, 3.63) is 0 Å². The van der Waals surface area contributed by atoms with Crippen molar-refractivity contribution in [2.24, 2.45) is 11.5 Å². The van der Waals surface area contributed by atoms with E-state index in [1.807, 2.05) is 41.5 Å². The summed E-state index contributed by atoms with van der Waals surface area (Å²) in [5.74, 6) is 0. The molecule has 10 heavy (non-hydrogen) atoms. The average molecular weight is 152 g/mol. The van der Waals surface area contributed by atoms with Gasteiger partial charge in [-0.3, -0.25) is 0 Å². The first kappa shape index (κ1) is 32.6. The largest absolute Gasteiger partial charge is 0.333 e. The van der Waals surface area contributed by atoms with Crippen molar-refractivity contribution in [2.45, 2.75) is 41.5 Å². The van der Waals surface area contributed by atoms with Crippen LogP contribution in [0.15, 0.2) is 0 Å². The Morgan fingerprint density at radius 2 is 0.400 bits per heavy atom. The quantitative estimate of drug-likeness (QED) is 0.559. The molecule has 0 unspecified atom stereocenters. The second kappa shape index (κ2) is 87400. The minimum absolute atomic E-state index is 1.50. The van der Waals surface area contributed by atoms with Crippen molar-refractivity contribution in [1.29, 1.82) is 0 Å². The van der Waals surface area contributed by atoms with Gasteiger partial charge in [-0.15, -0.1) is 0 Å². The van der Waals surface area contributed by atoms with Crippen molar-refractivity contribution in [2.75, 3.05) is 14.1 Å². The fourth-order valence-corrected chi connectivity index (χ4v) is 0. The SMILES string of the molecule is CC.CC.CC.CN.CN. The standard InChI is InChI=1S/3C2H6.2CH5N/c5*1-2/h3*1-2H3;2*2H2,1H3. The van der Waals surface area contributed by atoms with Gasteiger partial charge in [-0.1, -0.05) is 41.5 Å². The molecule has 0 aromatic carbocycles. The van der Waals surface area contributed by atoms with Crippen molar-refractivity contribution < 1.29 is 0 Å². The minimum Gasteiger partial charge on any atom is -0.333 e. The molecule has 0 heterocycles. The van der Waals surface area contributed by atoms with Gasteiger partial charge >= 0.3 is 0 Å². The van der Waals surface area contributed by atoms with Crippen LogP contribution < -0.4 is 11.5 Å². The van der Waals surface area contributed by atoms with Crippen LogP contribution in [-0.2, 0) is 0 Å². The highest BCUT2D eigenvalue weighted by Gasteiger charge is 0.936. The first-order chi connectivity index (χ1) is 5.00. The van der Waals surface area contributed by atoms with E-state index in [1.165, 1.54) is 14.1 Å². The molecule has 0 aromatic rings. The summed E-state index contributed by atoms with van der Waals surface area (Å²) < 4.78 is 0. The van der Waals surface area contributed by atoms with Gasteiger partial charge in [-0.05, 0) is 14.1 Å². The molecule has 2 nitrogen and oxygen atoms in total. The van der Waals surface area contributed by atoms with Gasteiger partial charge in [0, 0.05) is 0 Å². The third-order valence-corrected chi connectivity index (χ3v) is 0. The molecule has 0 rings (SSSR count). The summed E-state index contributed by atoms with van der Waals surface area (Å²) >= 11 is 0. The first-order valence-electron chi connectivity index (χ1n) is 4.15. The first-order valence-corrected chi connectivity index (χ1v) is 4.15. The number of hydrogen-bond acceptors (Lipinski definition) is 2. The van der Waals surface area contributed by atoms with Crippen LogP contribution in [0.25, 0.3) is 0 Å². The summed E-state index contributed by atoms with van der Waals surface area (Å²) in [4.78, 5) is 0. The summed E-state index contributed by atoms with van der Waals surface area (Å²) in [6, 6.07) is 0. The maximum atomic E-state index is 4.50. The fourth-order valence-electron chi connectivity index (χ4n) is 0. The Balaban J connectivity index is -0.0000000104. The van der Waals surface area contributed by atoms with Crippen molar-refractivity contribution in [3.63, 3.8) is 0 Å². The topological polar surface area (TPSA) is 52.0 Å². The predicted molar refractivity (Wildman–Crippen MR) is 54.3 cm³/mol. The zero-order chi connectivity index (χ0) is 10.0. The van der Waals surface area contributed by atoms with Crippen LogP contribution in [-0.4, -0.2) is 14.1 Å². The normalized spacial score (nSPS) is 3.00. The average Bonchev–Trinajstić information content (AvgIpc) is 2.20. The maximum Gasteiger partial charge on any atom is -0.0195 e. The lowest BCUT2D eigenvalue weighted by Gasteiger charge is -1.19. The Kier molecular flexibility index (Phi) is 285000. The molecule has 0 aliphatic heterocycles. The van der Waals surface area contributed by atoms with Gasteiger partial charge in [0.15, 0.2) is 0 Å². The molecule has 0 aliphatic carbocycles. The van der Waals surface area contributed by atoms with Crippen LogP contribution in [0.5, 0.6) is 0 Å². The third-order valence-electron chi connectivity index (χ3n) is 0. The van der Waals surface area contributed by atoms with Crippen molar-refractivity contribution in [3.8, 4) is 0 Å². The molecule has 0 aliphatic rings. The number of nitrogens with two attached hydrogens (primary N) is 2. The Labute approximate surface area is 68.0 Å². The summed E-state index contributed by atoms with van der Waals surface area (Å²) in [7, 11) is 3.00. The Morgan fingerprint density at radius 1 is 0.400 bits per heavy atom. The van der Waals surface area contributed by atoms with E-state index in [1.54, 1.807) is 0 Å². The summed E-state index contributed by atoms with van der Waals surface area (Å²) in [5.41, 5.74) is 9.00. The monoisotopic (exact) mass is 152 g/mol. The zero-order valence-corrected chi connectivity index (χ0v) is 9.15. The molecule has 70 valence electrons. The van der Waals surface area contributed by atoms with Crippen molar-refractivity contribution in [1.82, 2.24) is 0 Å². The van der Waals surface area contributed by atoms with Crippen LogP contribution >= 0.6 is 0 Å². The smallest absolute Gasteiger partial charge is 0.0195 e. The molecular weight excluding hydrogens is 124 g/mol. The molecule has 0 spiro atoms. The lowest BCUT2D eigenvalue weighted by molar-refractivity contribution is 1.48. The van der Waals surface area contributed by atoms with E-state index in [-0.39, 0.29) is 0 Å². The van der Waals surface area contributed by atoms with E-state index in [0.29, 0.717) is 0 Å². The van der Waals surface area contributed by atoms with Crippen molar-refractivity contribution >= 4 is 0 Å². The summed E-state index contributed by atoms with van der Waals surface area (Å²) in [6.07, 6.45) is 0. The molecular formula is C8H28N2. The van der Waals surface area contributed by atoms with Gasteiger partial charge in [0.05, 0.1) is 0 Å². The van der Waals surface area contributed by atoms with Crippen LogP contribution in [0.4, 0.5) is 0 Å². The molecule has 0 saturated heterocycles. The Bertz CT molecular complexity index is 7.22. The molecule has 0 radical (unpaired) electrons. The summed E-state index contributed by atoms with van der Waals surface area (Å²) in [6.45, 7) is 12.0. The Hall–Kier alpha value is -0.0800. The van der Waals surface area contributed by atoms with Gasteiger partial charge in [0.1, 0.15) is 0 Å². The van der Waals surface area contributed by atoms with Gasteiger partial charge in [0.25, 0.3) is 0 Å². The minimum atomic E-state index is 1.50. The lowest BCUT2D eigenvalue weighted by Crippen LogP contribution is -1.69. The second-order valence-corrected chi connectivity index (χ2v) is 0. The second-order valence-electron chi connectivity index (χ2n) is 0. The van der Waals surface area contributed by atoms with Gasteiger partial charge in [0.2, 0.25) is 0 Å². The van der Waals surface area contributed by atoms with Gasteiger partial charge < -0.3 is 11.5 Å². The Morgan fingerprint density at radius 3 is 0.400 bits per heavy atom. The van der Waals surface area contributed by atoms with Gasteiger partial charge in [-0.25, -0.2) is 0 Å². The van der Waals surface area contributed by atoms with E-state index >= 15 is 0 Å². The van der Waals surface area contributed by atoms with E-state index in [9.17, 15) is 0 Å². The molecule has 0 amide bonds. The maximum absolute atomic E-state index is 4.50. The molecule has 4 N–H and O–H groups in total. The van der Waals surface area contributed by atoms with E-state index in [2.05, 4.69) is 11.5 Å². The number of rotatable bonds is 0. The lowest BCUT2D eigenvalue weighted by atomic mass is 11.0. The third kappa shape index (κ3) is 59300. The van der Waals surface area contributed by atoms with E-state index in [0.717, 1.165) is 0 Å². The summed E-state index contributed by atoms with van der Waals surface area (Å²) in [5, 5.41) is 0. The predicted octanol–water partition coefficient (Wildman–Crippen LogP) is 2.23. The number of hydrogen-bond donors (Lipinski definition) is 2. The van der Waals surface area contributed by atoms with Crippen LogP contribution in [0, 0.1) is 0 Å². The van der Waals surface area contributed by atoms with Gasteiger partial charge in [-0.2, -0.15) is 0 Å². The fraction of sp³-hybridized carbons (Fsp3) is 1.00. The molecule has 0 saturated carbocycles. The molecule has 0 fully saturated rings.